The lowest BCUT2D eigenvalue weighted by molar-refractivity contribution is -0.146. The van der Waals surface area contributed by atoms with Gasteiger partial charge in [0.05, 0.1) is 13.7 Å². The molecule has 5 heteroatoms. The number of allylic oxidation sites excluding steroid dienone is 2. The van der Waals surface area contributed by atoms with Crippen LogP contribution in [-0.2, 0) is 20.7 Å². The van der Waals surface area contributed by atoms with Gasteiger partial charge in [-0.25, -0.2) is 0 Å². The monoisotopic (exact) mass is 417 g/mol. The summed E-state index contributed by atoms with van der Waals surface area (Å²) >= 11 is 0. The van der Waals surface area contributed by atoms with Gasteiger partial charge in [0, 0.05) is 35.7 Å². The third kappa shape index (κ3) is 4.46. The van der Waals surface area contributed by atoms with Crippen LogP contribution in [0.3, 0.4) is 0 Å². The maximum atomic E-state index is 13.2. The predicted molar refractivity (Wildman–Crippen MR) is 119 cm³/mol. The molecule has 4 rings (SSSR count). The van der Waals surface area contributed by atoms with Crippen LogP contribution in [0.4, 0.5) is 0 Å². The second kappa shape index (κ2) is 9.29. The summed E-state index contributed by atoms with van der Waals surface area (Å²) < 4.78 is 11.1. The number of hydrogen-bond donors (Lipinski definition) is 0. The van der Waals surface area contributed by atoms with Crippen LogP contribution in [0.1, 0.15) is 43.2 Å². The number of ketones is 1. The van der Waals surface area contributed by atoms with Crippen molar-refractivity contribution in [3.63, 3.8) is 0 Å². The molecule has 5 nitrogen and oxygen atoms in total. The second-order valence-electron chi connectivity index (χ2n) is 8.03. The minimum atomic E-state index is -0.622. The molecule has 0 saturated heterocycles. The van der Waals surface area contributed by atoms with E-state index in [9.17, 15) is 9.59 Å². The largest absolute Gasteiger partial charge is 0.497 e. The normalized spacial score (nSPS) is 20.7. The summed E-state index contributed by atoms with van der Waals surface area (Å²) in [6.07, 6.45) is 2.69. The number of benzene rings is 2. The van der Waals surface area contributed by atoms with Crippen LogP contribution in [0.2, 0.25) is 0 Å². The zero-order valence-corrected chi connectivity index (χ0v) is 18.0. The number of aliphatic imine (C=N–C) groups is 1. The Morgan fingerprint density at radius 3 is 2.68 bits per heavy atom. The van der Waals surface area contributed by atoms with Crippen LogP contribution in [0.15, 0.2) is 70.9 Å². The Kier molecular flexibility index (Phi) is 6.31. The van der Waals surface area contributed by atoms with Gasteiger partial charge in [-0.1, -0.05) is 42.5 Å². The highest BCUT2D eigenvalue weighted by atomic mass is 16.5. The molecule has 0 aromatic heterocycles. The van der Waals surface area contributed by atoms with Gasteiger partial charge in [0.25, 0.3) is 0 Å². The molecule has 0 amide bonds. The van der Waals surface area contributed by atoms with Gasteiger partial charge >= 0.3 is 5.97 Å². The molecule has 1 unspecified atom stereocenters. The lowest BCUT2D eigenvalue weighted by atomic mass is 9.71. The Morgan fingerprint density at radius 2 is 1.90 bits per heavy atom. The third-order valence-electron chi connectivity index (χ3n) is 6.02. The Morgan fingerprint density at radius 1 is 1.10 bits per heavy atom. The van der Waals surface area contributed by atoms with Crippen molar-refractivity contribution < 1.29 is 19.1 Å². The molecule has 160 valence electrons. The smallest absolute Gasteiger partial charge is 0.315 e. The average Bonchev–Trinajstić information content (AvgIpc) is 2.79. The van der Waals surface area contributed by atoms with Crippen LogP contribution < -0.4 is 4.74 Å². The van der Waals surface area contributed by atoms with E-state index in [4.69, 9.17) is 9.47 Å². The lowest BCUT2D eigenvalue weighted by Gasteiger charge is -2.34. The number of rotatable bonds is 6. The van der Waals surface area contributed by atoms with Crippen LogP contribution in [0.5, 0.6) is 5.75 Å². The van der Waals surface area contributed by atoms with Crippen molar-refractivity contribution in [1.82, 2.24) is 0 Å². The molecule has 0 fully saturated rings. The summed E-state index contributed by atoms with van der Waals surface area (Å²) in [5, 5.41) is 0. The van der Waals surface area contributed by atoms with E-state index in [2.05, 4.69) is 4.99 Å². The van der Waals surface area contributed by atoms with Crippen LogP contribution in [-0.4, -0.2) is 31.2 Å². The van der Waals surface area contributed by atoms with Gasteiger partial charge in [0.1, 0.15) is 11.7 Å². The Balaban J connectivity index is 1.64. The molecule has 2 aliphatic rings. The van der Waals surface area contributed by atoms with E-state index in [1.54, 1.807) is 7.11 Å². The van der Waals surface area contributed by atoms with Gasteiger partial charge in [-0.05, 0) is 43.0 Å². The number of methoxy groups -OCH3 is 1. The highest BCUT2D eigenvalue weighted by Gasteiger charge is 2.43. The van der Waals surface area contributed by atoms with Crippen molar-refractivity contribution in [2.75, 3.05) is 13.7 Å². The van der Waals surface area contributed by atoms with E-state index < -0.39 is 11.8 Å². The molecule has 2 aromatic carbocycles. The van der Waals surface area contributed by atoms with Crippen molar-refractivity contribution in [3.8, 4) is 5.75 Å². The van der Waals surface area contributed by atoms with Crippen LogP contribution >= 0.6 is 0 Å². The number of ether oxygens (including phenoxy) is 2. The first-order chi connectivity index (χ1) is 15.1. The first kappa shape index (κ1) is 21.0. The Bertz CT molecular complexity index is 1040. The molecule has 1 aliphatic heterocycles. The molecule has 0 radical (unpaired) electrons. The summed E-state index contributed by atoms with van der Waals surface area (Å²) in [5.74, 6) is -0.593. The van der Waals surface area contributed by atoms with E-state index in [0.29, 0.717) is 29.9 Å². The van der Waals surface area contributed by atoms with Gasteiger partial charge in [-0.15, -0.1) is 0 Å². The van der Waals surface area contributed by atoms with Gasteiger partial charge in [-0.3, -0.25) is 14.6 Å². The van der Waals surface area contributed by atoms with Crippen molar-refractivity contribution in [3.05, 3.63) is 77.0 Å². The molecular weight excluding hydrogens is 390 g/mol. The van der Waals surface area contributed by atoms with Gasteiger partial charge < -0.3 is 9.47 Å². The standard InChI is InChI=1S/C26H27NO4/c1-17-23(26(29)31-15-14-18-8-4-3-5-9-18)24(19-10-6-11-20(16-19)30-2)25-21(27-17)12-7-13-22(25)28/h3-6,8-11,16,23-24H,7,12-15H2,1-2H3/t23?,24-/m0/s1. The first-order valence-electron chi connectivity index (χ1n) is 10.7. The molecule has 0 N–H and O–H groups in total. The van der Waals surface area contributed by atoms with E-state index in [0.717, 1.165) is 29.7 Å². The number of carbonyl (C=O) groups excluding carboxylic acids is 2. The Labute approximate surface area is 182 Å². The fraction of sp³-hybridized carbons (Fsp3) is 0.346. The fourth-order valence-corrected chi connectivity index (χ4v) is 4.51. The number of nitrogens with zero attached hydrogens (tertiary/aromatic N) is 1. The zero-order chi connectivity index (χ0) is 21.8. The number of carbonyl (C=O) groups is 2. The predicted octanol–water partition coefficient (Wildman–Crippen LogP) is 4.66. The molecule has 0 spiro atoms. The van der Waals surface area contributed by atoms with Gasteiger partial charge in [0.15, 0.2) is 5.78 Å². The maximum Gasteiger partial charge on any atom is 0.315 e. The van der Waals surface area contributed by atoms with Crippen molar-refractivity contribution >= 4 is 17.5 Å². The number of esters is 1. The summed E-state index contributed by atoms with van der Waals surface area (Å²) in [4.78, 5) is 30.9. The second-order valence-corrected chi connectivity index (χ2v) is 8.03. The topological polar surface area (TPSA) is 65.0 Å². The van der Waals surface area contributed by atoms with E-state index >= 15 is 0 Å². The quantitative estimate of drug-likeness (QED) is 0.641. The molecule has 31 heavy (non-hydrogen) atoms. The average molecular weight is 418 g/mol. The Hall–Kier alpha value is -3.21. The molecule has 0 saturated carbocycles. The molecular formula is C26H27NO4. The van der Waals surface area contributed by atoms with E-state index in [-0.39, 0.29) is 18.4 Å². The zero-order valence-electron chi connectivity index (χ0n) is 18.0. The van der Waals surface area contributed by atoms with Crippen molar-refractivity contribution in [1.29, 1.82) is 0 Å². The molecule has 0 bridgehead atoms. The van der Waals surface area contributed by atoms with Gasteiger partial charge in [0.2, 0.25) is 0 Å². The highest BCUT2D eigenvalue weighted by molar-refractivity contribution is 6.08. The number of Topliss-reactive ketones (excluding diaryl/α,β-unsaturated/α-hetero) is 1. The van der Waals surface area contributed by atoms with Crippen molar-refractivity contribution in [2.45, 2.75) is 38.5 Å². The fourth-order valence-electron chi connectivity index (χ4n) is 4.51. The SMILES string of the molecule is COc1cccc([C@@H]2C3=C(CCCC3=O)N=C(C)C2C(=O)OCCc2ccccc2)c1. The molecule has 1 heterocycles. The summed E-state index contributed by atoms with van der Waals surface area (Å²) in [6.45, 7) is 2.15. The maximum absolute atomic E-state index is 13.2. The van der Waals surface area contributed by atoms with E-state index in [1.165, 1.54) is 0 Å². The minimum absolute atomic E-state index is 0.0763. The molecule has 2 aromatic rings. The van der Waals surface area contributed by atoms with Crippen LogP contribution in [0.25, 0.3) is 0 Å². The first-order valence-corrected chi connectivity index (χ1v) is 10.7. The summed E-state index contributed by atoms with van der Waals surface area (Å²) in [5.41, 5.74) is 4.17. The summed E-state index contributed by atoms with van der Waals surface area (Å²) in [6, 6.07) is 17.5. The lowest BCUT2D eigenvalue weighted by Crippen LogP contribution is -2.37. The third-order valence-corrected chi connectivity index (χ3v) is 6.02. The van der Waals surface area contributed by atoms with Gasteiger partial charge in [-0.2, -0.15) is 0 Å². The van der Waals surface area contributed by atoms with Crippen LogP contribution in [0, 0.1) is 5.92 Å². The summed E-state index contributed by atoms with van der Waals surface area (Å²) in [7, 11) is 1.61. The van der Waals surface area contributed by atoms with Crippen molar-refractivity contribution in [2.24, 2.45) is 10.9 Å². The molecule has 2 atom stereocenters. The van der Waals surface area contributed by atoms with E-state index in [1.807, 2.05) is 61.5 Å². The number of hydrogen-bond acceptors (Lipinski definition) is 5. The highest BCUT2D eigenvalue weighted by Crippen LogP contribution is 2.44. The minimum Gasteiger partial charge on any atom is -0.497 e. The molecule has 1 aliphatic carbocycles.